The van der Waals surface area contributed by atoms with Crippen molar-refractivity contribution in [2.24, 2.45) is 0 Å². The maximum Gasteiger partial charge on any atom is 0.416 e. The highest BCUT2D eigenvalue weighted by Crippen LogP contribution is 2.45. The van der Waals surface area contributed by atoms with Gasteiger partial charge in [-0.1, -0.05) is 48.5 Å². The second-order valence-corrected chi connectivity index (χ2v) is 11.7. The number of fused-ring (bicyclic) bond motifs is 1. The van der Waals surface area contributed by atoms with Crippen molar-refractivity contribution in [2.45, 2.75) is 36.6 Å². The summed E-state index contributed by atoms with van der Waals surface area (Å²) in [4.78, 5) is 25.2. The van der Waals surface area contributed by atoms with Crippen LogP contribution in [-0.4, -0.2) is 43.5 Å². The summed E-state index contributed by atoms with van der Waals surface area (Å²) >= 11 is 1.28. The summed E-state index contributed by atoms with van der Waals surface area (Å²) < 4.78 is 85.1. The highest BCUT2D eigenvalue weighted by molar-refractivity contribution is 7.99. The number of nitrogens with one attached hydrogen (secondary N) is 1. The van der Waals surface area contributed by atoms with E-state index in [-0.39, 0.29) is 35.7 Å². The van der Waals surface area contributed by atoms with Gasteiger partial charge in [-0.05, 0) is 41.8 Å². The molecule has 1 aliphatic heterocycles. The second kappa shape index (κ2) is 14.2. The molecule has 2 unspecified atom stereocenters. The van der Waals surface area contributed by atoms with E-state index in [4.69, 9.17) is 9.47 Å². The minimum atomic E-state index is -4.83. The van der Waals surface area contributed by atoms with Gasteiger partial charge in [0.1, 0.15) is 18.7 Å². The number of rotatable bonds is 12. The lowest BCUT2D eigenvalue weighted by atomic mass is 9.91. The number of ether oxygens (including phenoxy) is 2. The first-order valence-corrected chi connectivity index (χ1v) is 15.4. The Kier molecular flexibility index (Phi) is 10.3. The SMILES string of the molecule is COc1cccc(-c2c(C)c(Cc3c(F)cccc3C(F)(F)F)c3n(c2=O)C(C(NCCOCC=O)c2ccccc2)CS3)c1F. The number of methoxy groups -OCH3 is 1. The number of benzene rings is 3. The van der Waals surface area contributed by atoms with Crippen molar-refractivity contribution in [1.29, 1.82) is 0 Å². The molecule has 1 aliphatic rings. The van der Waals surface area contributed by atoms with Crippen molar-refractivity contribution in [1.82, 2.24) is 9.88 Å². The molecule has 0 bridgehead atoms. The standard InChI is InChI=1S/C34H31F5N2O4S/c1-20-23(18-24-25(34(37,38)39)11-7-12-26(24)35)33-41(32(43)29(20)22-10-6-13-28(44-2)30(22)36)27(19-46-33)31(21-8-4-3-5-9-21)40-14-16-45-17-15-42/h3-13,15,27,31,40H,14,16-19H2,1-2H3. The zero-order valence-corrected chi connectivity index (χ0v) is 25.8. The first kappa shape index (κ1) is 33.4. The normalized spacial score (nSPS) is 15.1. The summed E-state index contributed by atoms with van der Waals surface area (Å²) in [5, 5.41) is 3.78. The van der Waals surface area contributed by atoms with E-state index in [2.05, 4.69) is 5.32 Å². The number of hydrogen-bond donors (Lipinski definition) is 1. The lowest BCUT2D eigenvalue weighted by Crippen LogP contribution is -2.37. The third-order valence-corrected chi connectivity index (χ3v) is 9.25. The van der Waals surface area contributed by atoms with Gasteiger partial charge in [0.2, 0.25) is 0 Å². The van der Waals surface area contributed by atoms with Crippen LogP contribution in [0.1, 0.15) is 39.9 Å². The van der Waals surface area contributed by atoms with Crippen LogP contribution in [0.25, 0.3) is 11.1 Å². The highest BCUT2D eigenvalue weighted by Gasteiger charge is 2.38. The molecule has 12 heteroatoms. The first-order valence-electron chi connectivity index (χ1n) is 14.5. The summed E-state index contributed by atoms with van der Waals surface area (Å²) in [6.07, 6.45) is -4.67. The van der Waals surface area contributed by atoms with E-state index in [0.717, 1.165) is 23.8 Å². The monoisotopic (exact) mass is 658 g/mol. The van der Waals surface area contributed by atoms with Crippen LogP contribution in [0.2, 0.25) is 0 Å². The summed E-state index contributed by atoms with van der Waals surface area (Å²) in [7, 11) is 1.29. The zero-order chi connectivity index (χ0) is 33.0. The molecule has 0 aliphatic carbocycles. The Morgan fingerprint density at radius 1 is 1.04 bits per heavy atom. The van der Waals surface area contributed by atoms with E-state index in [9.17, 15) is 22.8 Å². The van der Waals surface area contributed by atoms with Crippen LogP contribution in [0.4, 0.5) is 22.0 Å². The molecule has 46 heavy (non-hydrogen) atoms. The average molecular weight is 659 g/mol. The van der Waals surface area contributed by atoms with Gasteiger partial charge in [0.15, 0.2) is 11.6 Å². The van der Waals surface area contributed by atoms with E-state index < -0.39 is 53.0 Å². The number of carbonyl (C=O) groups excluding carboxylic acids is 1. The zero-order valence-electron chi connectivity index (χ0n) is 25.0. The fraction of sp³-hybridized carbons (Fsp3) is 0.294. The van der Waals surface area contributed by atoms with Crippen LogP contribution in [0.3, 0.4) is 0 Å². The van der Waals surface area contributed by atoms with Gasteiger partial charge in [-0.15, -0.1) is 11.8 Å². The van der Waals surface area contributed by atoms with Crippen LogP contribution >= 0.6 is 11.8 Å². The molecule has 0 saturated heterocycles. The van der Waals surface area contributed by atoms with Crippen molar-refractivity contribution in [3.05, 3.63) is 117 Å². The molecular formula is C34H31F5N2O4S. The molecule has 2 heterocycles. The minimum absolute atomic E-state index is 0.0475. The topological polar surface area (TPSA) is 69.6 Å². The molecule has 242 valence electrons. The van der Waals surface area contributed by atoms with Gasteiger partial charge >= 0.3 is 6.18 Å². The van der Waals surface area contributed by atoms with Crippen molar-refractivity contribution < 1.29 is 36.2 Å². The Hall–Kier alpha value is -4.00. The van der Waals surface area contributed by atoms with Crippen LogP contribution in [0.15, 0.2) is 76.6 Å². The molecule has 1 N–H and O–H groups in total. The quantitative estimate of drug-likeness (QED) is 0.101. The third-order valence-electron chi connectivity index (χ3n) is 8.03. The average Bonchev–Trinajstić information content (AvgIpc) is 3.47. The number of halogens is 5. The molecule has 0 amide bonds. The molecule has 0 fully saturated rings. The lowest BCUT2D eigenvalue weighted by Gasteiger charge is -2.28. The molecule has 6 nitrogen and oxygen atoms in total. The number of carbonyl (C=O) groups is 1. The van der Waals surface area contributed by atoms with Crippen LogP contribution in [-0.2, 0) is 22.1 Å². The number of pyridine rings is 1. The van der Waals surface area contributed by atoms with E-state index >= 15 is 8.78 Å². The third kappa shape index (κ3) is 6.60. The van der Waals surface area contributed by atoms with Gasteiger partial charge in [-0.25, -0.2) is 8.78 Å². The van der Waals surface area contributed by atoms with Crippen molar-refractivity contribution in [3.63, 3.8) is 0 Å². The summed E-state index contributed by atoms with van der Waals surface area (Å²) in [6.45, 7) is 1.99. The molecule has 1 aromatic heterocycles. The molecule has 4 aromatic rings. The molecule has 0 spiro atoms. The lowest BCUT2D eigenvalue weighted by molar-refractivity contribution is -0.138. The second-order valence-electron chi connectivity index (χ2n) is 10.7. The van der Waals surface area contributed by atoms with Crippen LogP contribution in [0.5, 0.6) is 5.75 Å². The van der Waals surface area contributed by atoms with Crippen molar-refractivity contribution in [3.8, 4) is 16.9 Å². The Labute approximate surface area is 266 Å². The van der Waals surface area contributed by atoms with Crippen LogP contribution in [0, 0.1) is 18.6 Å². The smallest absolute Gasteiger partial charge is 0.416 e. The number of thioether (sulfide) groups is 1. The van der Waals surface area contributed by atoms with Crippen LogP contribution < -0.4 is 15.6 Å². The number of nitrogens with zero attached hydrogens (tertiary/aromatic N) is 1. The van der Waals surface area contributed by atoms with Crippen molar-refractivity contribution >= 4 is 18.0 Å². The molecular weight excluding hydrogens is 627 g/mol. The fourth-order valence-electron chi connectivity index (χ4n) is 5.89. The summed E-state index contributed by atoms with van der Waals surface area (Å²) in [5.74, 6) is -1.60. The Morgan fingerprint density at radius 3 is 2.48 bits per heavy atom. The van der Waals surface area contributed by atoms with E-state index in [1.807, 2.05) is 30.3 Å². The summed E-state index contributed by atoms with van der Waals surface area (Å²) in [5.41, 5.74) is -0.981. The Bertz CT molecular complexity index is 1780. The van der Waals surface area contributed by atoms with Gasteiger partial charge in [0.05, 0.1) is 42.0 Å². The molecule has 0 saturated carbocycles. The fourth-order valence-corrected chi connectivity index (χ4v) is 7.32. The first-order chi connectivity index (χ1) is 22.1. The maximum atomic E-state index is 15.8. The van der Waals surface area contributed by atoms with Crippen molar-refractivity contribution in [2.75, 3.05) is 32.6 Å². The van der Waals surface area contributed by atoms with E-state index in [1.165, 1.54) is 41.6 Å². The maximum absolute atomic E-state index is 15.8. The highest BCUT2D eigenvalue weighted by atomic mass is 32.2. The number of alkyl halides is 3. The van der Waals surface area contributed by atoms with Gasteiger partial charge in [-0.2, -0.15) is 13.2 Å². The minimum Gasteiger partial charge on any atom is -0.494 e. The van der Waals surface area contributed by atoms with Gasteiger partial charge < -0.3 is 19.6 Å². The predicted octanol–water partition coefficient (Wildman–Crippen LogP) is 6.91. The molecule has 0 radical (unpaired) electrons. The Morgan fingerprint density at radius 2 is 1.78 bits per heavy atom. The molecule has 5 rings (SSSR count). The van der Waals surface area contributed by atoms with Gasteiger partial charge in [-0.3, -0.25) is 9.36 Å². The number of aromatic nitrogens is 1. The molecule has 3 aromatic carbocycles. The van der Waals surface area contributed by atoms with Gasteiger partial charge in [0.25, 0.3) is 5.56 Å². The molecule has 2 atom stereocenters. The van der Waals surface area contributed by atoms with Gasteiger partial charge in [0, 0.05) is 29.8 Å². The van der Waals surface area contributed by atoms with E-state index in [1.54, 1.807) is 6.92 Å². The number of hydrogen-bond acceptors (Lipinski definition) is 6. The predicted molar refractivity (Wildman–Crippen MR) is 165 cm³/mol. The number of aldehydes is 1. The largest absolute Gasteiger partial charge is 0.494 e. The van der Waals surface area contributed by atoms with E-state index in [0.29, 0.717) is 29.2 Å². The summed E-state index contributed by atoms with van der Waals surface area (Å²) in [6, 6.07) is 15.4. The Balaban J connectivity index is 1.73.